The highest BCUT2D eigenvalue weighted by Gasteiger charge is 2.16. The molecule has 24 heavy (non-hydrogen) atoms. The first-order chi connectivity index (χ1) is 11.6. The van der Waals surface area contributed by atoms with Crippen molar-refractivity contribution in [3.05, 3.63) is 53.3 Å². The molecule has 0 saturated carbocycles. The van der Waals surface area contributed by atoms with Crippen molar-refractivity contribution in [2.75, 3.05) is 18.0 Å². The van der Waals surface area contributed by atoms with Gasteiger partial charge in [-0.1, -0.05) is 12.1 Å². The highest BCUT2D eigenvalue weighted by Crippen LogP contribution is 2.15. The number of nitrogens with two attached hydrogens (primary N) is 1. The summed E-state index contributed by atoms with van der Waals surface area (Å²) >= 11 is 0. The lowest BCUT2D eigenvalue weighted by atomic mass is 10.1. The van der Waals surface area contributed by atoms with E-state index in [9.17, 15) is 9.59 Å². The minimum Gasteiger partial charge on any atom is -0.366 e. The van der Waals surface area contributed by atoms with Crippen LogP contribution in [0.1, 0.15) is 39.3 Å². The molecule has 1 aliphatic rings. The van der Waals surface area contributed by atoms with E-state index in [2.05, 4.69) is 20.2 Å². The highest BCUT2D eigenvalue weighted by atomic mass is 16.2. The van der Waals surface area contributed by atoms with Gasteiger partial charge in [-0.3, -0.25) is 9.59 Å². The molecule has 1 fully saturated rings. The molecule has 1 aromatic heterocycles. The van der Waals surface area contributed by atoms with Gasteiger partial charge >= 0.3 is 0 Å². The summed E-state index contributed by atoms with van der Waals surface area (Å²) < 4.78 is 0. The Morgan fingerprint density at radius 1 is 1.12 bits per heavy atom. The number of benzene rings is 1. The van der Waals surface area contributed by atoms with Crippen molar-refractivity contribution in [3.8, 4) is 0 Å². The normalized spacial score (nSPS) is 13.8. The van der Waals surface area contributed by atoms with Crippen LogP contribution in [0.3, 0.4) is 0 Å². The van der Waals surface area contributed by atoms with Crippen molar-refractivity contribution in [1.82, 2.24) is 15.3 Å². The lowest BCUT2D eigenvalue weighted by molar-refractivity contribution is 0.0944. The number of hydrogen-bond acceptors (Lipinski definition) is 5. The average molecular weight is 325 g/mol. The Bertz CT molecular complexity index is 739. The molecular weight excluding hydrogens is 306 g/mol. The summed E-state index contributed by atoms with van der Waals surface area (Å²) in [6, 6.07) is 8.40. The molecule has 7 heteroatoms. The minimum absolute atomic E-state index is 0.253. The fourth-order valence-electron chi connectivity index (χ4n) is 2.60. The molecule has 0 unspecified atom stereocenters. The van der Waals surface area contributed by atoms with Crippen molar-refractivity contribution >= 4 is 17.8 Å². The number of nitrogens with one attached hydrogen (secondary N) is 1. The van der Waals surface area contributed by atoms with Gasteiger partial charge in [-0.2, -0.15) is 0 Å². The van der Waals surface area contributed by atoms with Gasteiger partial charge < -0.3 is 16.0 Å². The van der Waals surface area contributed by atoms with E-state index in [0.717, 1.165) is 31.5 Å². The van der Waals surface area contributed by atoms with E-state index >= 15 is 0 Å². The molecule has 0 aliphatic carbocycles. The smallest absolute Gasteiger partial charge is 0.270 e. The Balaban J connectivity index is 1.62. The van der Waals surface area contributed by atoms with E-state index in [1.165, 1.54) is 0 Å². The van der Waals surface area contributed by atoms with Crippen LogP contribution in [0.15, 0.2) is 36.5 Å². The summed E-state index contributed by atoms with van der Waals surface area (Å²) in [5, 5.41) is 2.82. The molecule has 2 heterocycles. The van der Waals surface area contributed by atoms with Gasteiger partial charge in [-0.15, -0.1) is 0 Å². The predicted octanol–water partition coefficient (Wildman–Crippen LogP) is 1.11. The molecular formula is C17H19N5O2. The Kier molecular flexibility index (Phi) is 4.69. The maximum Gasteiger partial charge on any atom is 0.270 e. The van der Waals surface area contributed by atoms with E-state index in [4.69, 9.17) is 5.73 Å². The fraction of sp³-hybridized carbons (Fsp3) is 0.294. The number of amides is 2. The zero-order chi connectivity index (χ0) is 16.9. The number of primary amides is 1. The van der Waals surface area contributed by atoms with Crippen molar-refractivity contribution < 1.29 is 9.59 Å². The molecule has 1 saturated heterocycles. The molecule has 7 nitrogen and oxygen atoms in total. The zero-order valence-corrected chi connectivity index (χ0v) is 13.2. The van der Waals surface area contributed by atoms with Gasteiger partial charge in [0.2, 0.25) is 11.9 Å². The lowest BCUT2D eigenvalue weighted by Crippen LogP contribution is -2.26. The number of hydrogen-bond donors (Lipinski definition) is 2. The second kappa shape index (κ2) is 7.08. The van der Waals surface area contributed by atoms with Gasteiger partial charge in [0.1, 0.15) is 5.69 Å². The quantitative estimate of drug-likeness (QED) is 0.857. The number of aromatic nitrogens is 2. The van der Waals surface area contributed by atoms with Gasteiger partial charge in [0, 0.05) is 31.4 Å². The molecule has 124 valence electrons. The van der Waals surface area contributed by atoms with Crippen LogP contribution < -0.4 is 16.0 Å². The highest BCUT2D eigenvalue weighted by molar-refractivity contribution is 5.93. The van der Waals surface area contributed by atoms with E-state index < -0.39 is 5.91 Å². The molecule has 0 bridgehead atoms. The van der Waals surface area contributed by atoms with E-state index in [1.807, 2.05) is 0 Å². The Morgan fingerprint density at radius 3 is 2.50 bits per heavy atom. The first-order valence-corrected chi connectivity index (χ1v) is 7.88. The van der Waals surface area contributed by atoms with E-state index in [0.29, 0.717) is 23.8 Å². The monoisotopic (exact) mass is 325 g/mol. The van der Waals surface area contributed by atoms with Crippen LogP contribution in [0.2, 0.25) is 0 Å². The van der Waals surface area contributed by atoms with Crippen LogP contribution >= 0.6 is 0 Å². The van der Waals surface area contributed by atoms with Crippen LogP contribution in [0.25, 0.3) is 0 Å². The number of nitrogens with zero attached hydrogens (tertiary/aromatic N) is 3. The van der Waals surface area contributed by atoms with Gasteiger partial charge in [-0.25, -0.2) is 9.97 Å². The third-order valence-electron chi connectivity index (χ3n) is 3.96. The predicted molar refractivity (Wildman–Crippen MR) is 89.6 cm³/mol. The van der Waals surface area contributed by atoms with Crippen LogP contribution in [-0.2, 0) is 6.54 Å². The van der Waals surface area contributed by atoms with Gasteiger partial charge in [0.25, 0.3) is 5.91 Å². The van der Waals surface area contributed by atoms with Gasteiger partial charge in [-0.05, 0) is 36.6 Å². The first kappa shape index (κ1) is 15.9. The summed E-state index contributed by atoms with van der Waals surface area (Å²) in [5.41, 5.74) is 6.87. The van der Waals surface area contributed by atoms with Crippen LogP contribution in [0.5, 0.6) is 0 Å². The molecule has 3 N–H and O–H groups in total. The van der Waals surface area contributed by atoms with Crippen LogP contribution in [0.4, 0.5) is 5.95 Å². The third-order valence-corrected chi connectivity index (χ3v) is 3.96. The topological polar surface area (TPSA) is 101 Å². The van der Waals surface area contributed by atoms with E-state index in [1.54, 1.807) is 36.5 Å². The molecule has 2 aromatic rings. The van der Waals surface area contributed by atoms with Crippen molar-refractivity contribution in [3.63, 3.8) is 0 Å². The average Bonchev–Trinajstić information content (AvgIpc) is 3.15. The van der Waals surface area contributed by atoms with E-state index in [-0.39, 0.29) is 5.91 Å². The van der Waals surface area contributed by atoms with Crippen molar-refractivity contribution in [1.29, 1.82) is 0 Å². The summed E-state index contributed by atoms with van der Waals surface area (Å²) in [4.78, 5) is 34.0. The zero-order valence-electron chi connectivity index (χ0n) is 13.2. The maximum atomic E-state index is 12.3. The summed E-state index contributed by atoms with van der Waals surface area (Å²) in [7, 11) is 0. The Labute approximate surface area is 139 Å². The summed E-state index contributed by atoms with van der Waals surface area (Å²) in [6.45, 7) is 2.20. The molecule has 0 radical (unpaired) electrons. The van der Waals surface area contributed by atoms with Gasteiger partial charge in [0.05, 0.1) is 0 Å². The SMILES string of the molecule is NC(=O)c1ccc(CNC(=O)c2ccnc(N3CCCC3)n2)cc1. The van der Waals surface area contributed by atoms with Gasteiger partial charge in [0.15, 0.2) is 0 Å². The number of carbonyl (C=O) groups is 2. The molecule has 0 spiro atoms. The second-order valence-electron chi connectivity index (χ2n) is 5.68. The summed E-state index contributed by atoms with van der Waals surface area (Å²) in [6.07, 6.45) is 3.86. The summed E-state index contributed by atoms with van der Waals surface area (Å²) in [5.74, 6) is -0.121. The Hall–Kier alpha value is -2.96. The van der Waals surface area contributed by atoms with Crippen LogP contribution in [-0.4, -0.2) is 34.9 Å². The Morgan fingerprint density at radius 2 is 1.83 bits per heavy atom. The number of carbonyl (C=O) groups excluding carboxylic acids is 2. The molecule has 1 aromatic carbocycles. The molecule has 0 atom stereocenters. The number of anilines is 1. The standard InChI is InChI=1S/C17H19N5O2/c18-15(23)13-5-3-12(4-6-13)11-20-16(24)14-7-8-19-17(21-14)22-9-1-2-10-22/h3-8H,1-2,9-11H2,(H2,18,23)(H,20,24). The largest absolute Gasteiger partial charge is 0.366 e. The van der Waals surface area contributed by atoms with Crippen molar-refractivity contribution in [2.45, 2.75) is 19.4 Å². The molecule has 1 aliphatic heterocycles. The number of rotatable bonds is 5. The fourth-order valence-corrected chi connectivity index (χ4v) is 2.60. The minimum atomic E-state index is -0.471. The third kappa shape index (κ3) is 3.68. The lowest BCUT2D eigenvalue weighted by Gasteiger charge is -2.15. The van der Waals surface area contributed by atoms with Crippen LogP contribution in [0, 0.1) is 0 Å². The van der Waals surface area contributed by atoms with Crippen molar-refractivity contribution in [2.24, 2.45) is 5.73 Å². The maximum absolute atomic E-state index is 12.3. The molecule has 3 rings (SSSR count). The second-order valence-corrected chi connectivity index (χ2v) is 5.68. The first-order valence-electron chi connectivity index (χ1n) is 7.88. The molecule has 2 amide bonds.